The molecular formula is C13H18O2. The number of aliphatic hydroxyl groups excluding tert-OH is 1. The van der Waals surface area contributed by atoms with E-state index in [1.165, 1.54) is 12.5 Å². The van der Waals surface area contributed by atoms with E-state index in [1.807, 2.05) is 12.1 Å². The number of Topliss-reactive ketones (excluding diaryl/α,β-unsaturated/α-hetero) is 1. The molecule has 0 spiro atoms. The average molecular weight is 206 g/mol. The van der Waals surface area contributed by atoms with E-state index in [2.05, 4.69) is 13.8 Å². The Morgan fingerprint density at radius 1 is 1.20 bits per heavy atom. The van der Waals surface area contributed by atoms with Crippen molar-refractivity contribution in [3.8, 4) is 0 Å². The lowest BCUT2D eigenvalue weighted by atomic mass is 10.00. The number of carbonyl (C=O) groups excluding carboxylic acids is 1. The number of carbonyl (C=O) groups is 1. The van der Waals surface area contributed by atoms with Crippen LogP contribution in [0.1, 0.15) is 36.7 Å². The van der Waals surface area contributed by atoms with Crippen LogP contribution in [-0.2, 0) is 6.42 Å². The summed E-state index contributed by atoms with van der Waals surface area (Å²) in [6.45, 7) is 5.81. The first kappa shape index (κ1) is 11.9. The number of rotatable bonds is 4. The van der Waals surface area contributed by atoms with Gasteiger partial charge in [0.05, 0.1) is 0 Å². The van der Waals surface area contributed by atoms with Crippen molar-refractivity contribution in [2.24, 2.45) is 5.92 Å². The van der Waals surface area contributed by atoms with Crippen LogP contribution in [0.25, 0.3) is 0 Å². The Bertz CT molecular complexity index is 323. The molecule has 2 nitrogen and oxygen atoms in total. The Morgan fingerprint density at radius 2 is 1.73 bits per heavy atom. The number of hydrogen-bond acceptors (Lipinski definition) is 2. The highest BCUT2D eigenvalue weighted by Gasteiger charge is 2.11. The highest BCUT2D eigenvalue weighted by Crippen LogP contribution is 2.11. The predicted molar refractivity (Wildman–Crippen MR) is 61.0 cm³/mol. The lowest BCUT2D eigenvalue weighted by Gasteiger charge is -2.07. The van der Waals surface area contributed by atoms with Crippen molar-refractivity contribution in [3.05, 3.63) is 35.4 Å². The lowest BCUT2D eigenvalue weighted by Crippen LogP contribution is -2.15. The Morgan fingerprint density at radius 3 is 2.13 bits per heavy atom. The van der Waals surface area contributed by atoms with Gasteiger partial charge in [-0.25, -0.2) is 0 Å². The van der Waals surface area contributed by atoms with Gasteiger partial charge in [0.15, 0.2) is 5.78 Å². The van der Waals surface area contributed by atoms with E-state index in [0.717, 1.165) is 6.42 Å². The van der Waals surface area contributed by atoms with Crippen LogP contribution >= 0.6 is 0 Å². The molecule has 1 atom stereocenters. The van der Waals surface area contributed by atoms with Crippen LogP contribution in [-0.4, -0.2) is 17.0 Å². The van der Waals surface area contributed by atoms with Crippen LogP contribution in [0.15, 0.2) is 24.3 Å². The molecule has 0 amide bonds. The van der Waals surface area contributed by atoms with E-state index < -0.39 is 6.10 Å². The number of ketones is 1. The van der Waals surface area contributed by atoms with Crippen molar-refractivity contribution in [1.29, 1.82) is 0 Å². The maximum atomic E-state index is 11.4. The molecule has 0 aliphatic carbocycles. The zero-order valence-electron chi connectivity index (χ0n) is 9.53. The first-order valence-electron chi connectivity index (χ1n) is 5.32. The van der Waals surface area contributed by atoms with Gasteiger partial charge in [0.1, 0.15) is 6.10 Å². The summed E-state index contributed by atoms with van der Waals surface area (Å²) in [4.78, 5) is 11.4. The van der Waals surface area contributed by atoms with Crippen LogP contribution < -0.4 is 0 Å². The third-order valence-corrected chi connectivity index (χ3v) is 2.26. The molecule has 2 heteroatoms. The fourth-order valence-electron chi connectivity index (χ4n) is 1.52. The summed E-state index contributed by atoms with van der Waals surface area (Å²) in [6.07, 6.45) is 0.101. The van der Waals surface area contributed by atoms with Crippen molar-refractivity contribution in [1.82, 2.24) is 0 Å². The fraction of sp³-hybridized carbons (Fsp3) is 0.462. The van der Waals surface area contributed by atoms with E-state index >= 15 is 0 Å². The van der Waals surface area contributed by atoms with Crippen molar-refractivity contribution >= 4 is 5.78 Å². The third-order valence-electron chi connectivity index (χ3n) is 2.26. The van der Waals surface area contributed by atoms with E-state index in [-0.39, 0.29) is 5.78 Å². The van der Waals surface area contributed by atoms with E-state index in [1.54, 1.807) is 12.1 Å². The quantitative estimate of drug-likeness (QED) is 0.768. The van der Waals surface area contributed by atoms with Gasteiger partial charge in [0, 0.05) is 5.56 Å². The minimum atomic E-state index is -0.916. The van der Waals surface area contributed by atoms with Gasteiger partial charge in [-0.05, 0) is 24.8 Å². The minimum absolute atomic E-state index is 0.217. The standard InChI is InChI=1S/C13H18O2/c1-9(2)8-11-4-6-12(7-5-11)13(15)10(3)14/h4-7,9-10,14H,8H2,1-3H3. The van der Waals surface area contributed by atoms with Crippen molar-refractivity contribution in [3.63, 3.8) is 0 Å². The van der Waals surface area contributed by atoms with Crippen LogP contribution in [0.4, 0.5) is 0 Å². The molecule has 0 heterocycles. The van der Waals surface area contributed by atoms with E-state index in [0.29, 0.717) is 11.5 Å². The molecule has 0 saturated heterocycles. The highest BCUT2D eigenvalue weighted by molar-refractivity contribution is 5.99. The van der Waals surface area contributed by atoms with E-state index in [9.17, 15) is 4.79 Å². The molecule has 0 aliphatic rings. The maximum absolute atomic E-state index is 11.4. The molecule has 1 aromatic rings. The normalized spacial score (nSPS) is 12.9. The van der Waals surface area contributed by atoms with Gasteiger partial charge in [-0.3, -0.25) is 4.79 Å². The molecule has 82 valence electrons. The average Bonchev–Trinajstić information content (AvgIpc) is 2.17. The van der Waals surface area contributed by atoms with Crippen LogP contribution in [0.2, 0.25) is 0 Å². The van der Waals surface area contributed by atoms with Gasteiger partial charge >= 0.3 is 0 Å². The van der Waals surface area contributed by atoms with Gasteiger partial charge in [0.2, 0.25) is 0 Å². The summed E-state index contributed by atoms with van der Waals surface area (Å²) < 4.78 is 0. The SMILES string of the molecule is CC(C)Cc1ccc(C(=O)C(C)O)cc1. The lowest BCUT2D eigenvalue weighted by molar-refractivity contribution is 0.0779. The largest absolute Gasteiger partial charge is 0.385 e. The van der Waals surface area contributed by atoms with Crippen LogP contribution in [0.5, 0.6) is 0 Å². The fourth-order valence-corrected chi connectivity index (χ4v) is 1.52. The first-order valence-corrected chi connectivity index (χ1v) is 5.32. The topological polar surface area (TPSA) is 37.3 Å². The maximum Gasteiger partial charge on any atom is 0.190 e. The van der Waals surface area contributed by atoms with Gasteiger partial charge in [-0.1, -0.05) is 38.1 Å². The molecule has 1 rings (SSSR count). The molecule has 1 aromatic carbocycles. The molecule has 15 heavy (non-hydrogen) atoms. The summed E-state index contributed by atoms with van der Waals surface area (Å²) in [5.74, 6) is 0.398. The van der Waals surface area contributed by atoms with Crippen LogP contribution in [0.3, 0.4) is 0 Å². The second kappa shape index (κ2) is 5.08. The summed E-state index contributed by atoms with van der Waals surface area (Å²) in [5, 5.41) is 9.14. The minimum Gasteiger partial charge on any atom is -0.385 e. The van der Waals surface area contributed by atoms with Gasteiger partial charge in [0.25, 0.3) is 0 Å². The monoisotopic (exact) mass is 206 g/mol. The summed E-state index contributed by atoms with van der Waals surface area (Å²) in [5.41, 5.74) is 1.81. The van der Waals surface area contributed by atoms with Crippen molar-refractivity contribution in [2.75, 3.05) is 0 Å². The zero-order valence-corrected chi connectivity index (χ0v) is 9.53. The molecule has 1 unspecified atom stereocenters. The smallest absolute Gasteiger partial charge is 0.190 e. The van der Waals surface area contributed by atoms with Gasteiger partial charge in [-0.15, -0.1) is 0 Å². The molecule has 0 bridgehead atoms. The Hall–Kier alpha value is -1.15. The Balaban J connectivity index is 2.76. The molecule has 0 radical (unpaired) electrons. The molecule has 0 aromatic heterocycles. The zero-order chi connectivity index (χ0) is 11.4. The summed E-state index contributed by atoms with van der Waals surface area (Å²) in [7, 11) is 0. The molecular weight excluding hydrogens is 188 g/mol. The highest BCUT2D eigenvalue weighted by atomic mass is 16.3. The van der Waals surface area contributed by atoms with Crippen molar-refractivity contribution in [2.45, 2.75) is 33.3 Å². The van der Waals surface area contributed by atoms with Gasteiger partial charge in [-0.2, -0.15) is 0 Å². The number of aliphatic hydroxyl groups is 1. The second-order valence-corrected chi connectivity index (χ2v) is 4.34. The number of benzene rings is 1. The Kier molecular flexibility index (Phi) is 4.04. The summed E-state index contributed by atoms with van der Waals surface area (Å²) in [6, 6.07) is 7.48. The molecule has 1 N–H and O–H groups in total. The number of hydrogen-bond donors (Lipinski definition) is 1. The third kappa shape index (κ3) is 3.48. The van der Waals surface area contributed by atoms with Gasteiger partial charge < -0.3 is 5.11 Å². The first-order chi connectivity index (χ1) is 7.00. The van der Waals surface area contributed by atoms with E-state index in [4.69, 9.17) is 5.11 Å². The second-order valence-electron chi connectivity index (χ2n) is 4.34. The Labute approximate surface area is 90.9 Å². The van der Waals surface area contributed by atoms with Crippen molar-refractivity contribution < 1.29 is 9.90 Å². The molecule has 0 aliphatic heterocycles. The molecule has 0 saturated carbocycles. The van der Waals surface area contributed by atoms with Crippen LogP contribution in [0, 0.1) is 5.92 Å². The predicted octanol–water partition coefficient (Wildman–Crippen LogP) is 2.45. The summed E-state index contributed by atoms with van der Waals surface area (Å²) >= 11 is 0. The molecule has 0 fully saturated rings.